The van der Waals surface area contributed by atoms with E-state index >= 15 is 0 Å². The van der Waals surface area contributed by atoms with Crippen molar-refractivity contribution in [1.29, 1.82) is 10.5 Å². The van der Waals surface area contributed by atoms with Crippen molar-refractivity contribution in [3.63, 3.8) is 0 Å². The molecular weight excluding hydrogens is 222 g/mol. The van der Waals surface area contributed by atoms with Crippen molar-refractivity contribution in [2.24, 2.45) is 0 Å². The molecule has 0 atom stereocenters. The van der Waals surface area contributed by atoms with Crippen LogP contribution < -0.4 is 0 Å². The first kappa shape index (κ1) is 8.99. The van der Waals surface area contributed by atoms with Gasteiger partial charge < -0.3 is 0 Å². The molecular formula is C15H9N3. The summed E-state index contributed by atoms with van der Waals surface area (Å²) in [6.07, 6.45) is 3.86. The average Bonchev–Trinajstić information content (AvgIpc) is 2.49. The Labute approximate surface area is 110 Å². The molecule has 0 unspecified atom stereocenters. The summed E-state index contributed by atoms with van der Waals surface area (Å²) in [5, 5.41) is 18.6. The first-order chi connectivity index (χ1) is 10.2. The third-order valence-corrected chi connectivity index (χ3v) is 2.42. The lowest BCUT2D eigenvalue weighted by Crippen LogP contribution is -1.97. The van der Waals surface area contributed by atoms with Crippen molar-refractivity contribution in [1.82, 2.24) is 0 Å². The van der Waals surface area contributed by atoms with Gasteiger partial charge in [-0.25, -0.2) is 4.85 Å². The Bertz CT molecular complexity index is 644. The van der Waals surface area contributed by atoms with Crippen LogP contribution in [0.1, 0.15) is 31.9 Å². The third-order valence-electron chi connectivity index (χ3n) is 2.42. The van der Waals surface area contributed by atoms with Gasteiger partial charge in [-0.1, -0.05) is 37.9 Å². The molecule has 0 N–H and O–H groups in total. The maximum absolute atomic E-state index is 9.31. The Kier molecular flexibility index (Phi) is 2.65. The second-order valence-corrected chi connectivity index (χ2v) is 3.18. The smallest absolute Gasteiger partial charge is 0.203 e. The molecule has 0 aromatic heterocycles. The molecule has 84 valence electrons. The fourth-order valence-corrected chi connectivity index (χ4v) is 1.65. The summed E-state index contributed by atoms with van der Waals surface area (Å²) in [6.45, 7) is 10.1. The minimum atomic E-state index is 0.0391. The lowest BCUT2D eigenvalue weighted by Gasteiger charge is -2.12. The lowest BCUT2D eigenvalue weighted by molar-refractivity contribution is 1.41. The zero-order valence-electron chi connectivity index (χ0n) is 12.3. The highest BCUT2D eigenvalue weighted by atomic mass is 14.7. The van der Waals surface area contributed by atoms with Gasteiger partial charge in [0.2, 0.25) is 5.69 Å². The molecule has 0 amide bonds. The monoisotopic (exact) mass is 234 g/mol. The van der Waals surface area contributed by atoms with Gasteiger partial charge in [-0.05, 0) is 11.1 Å². The van der Waals surface area contributed by atoms with Gasteiger partial charge in [0, 0.05) is 5.56 Å². The highest BCUT2D eigenvalue weighted by Crippen LogP contribution is 2.36. The van der Waals surface area contributed by atoms with Crippen LogP contribution in [0, 0.1) is 29.2 Å². The second-order valence-electron chi connectivity index (χ2n) is 3.18. The van der Waals surface area contributed by atoms with E-state index in [9.17, 15) is 10.5 Å². The van der Waals surface area contributed by atoms with Crippen LogP contribution in [0.5, 0.6) is 0 Å². The quantitative estimate of drug-likeness (QED) is 0.744. The van der Waals surface area contributed by atoms with E-state index in [1.807, 2.05) is 12.1 Å². The Balaban J connectivity index is 4.14. The predicted molar refractivity (Wildman–Crippen MR) is 72.4 cm³/mol. The molecule has 3 nitrogen and oxygen atoms in total. The van der Waals surface area contributed by atoms with Gasteiger partial charge in [0.15, 0.2) is 0 Å². The number of nitriles is 2. The Morgan fingerprint density at radius 2 is 1.44 bits per heavy atom. The van der Waals surface area contributed by atoms with Crippen LogP contribution in [0.25, 0.3) is 23.1 Å². The van der Waals surface area contributed by atoms with Crippen LogP contribution in [-0.2, 0) is 0 Å². The lowest BCUT2D eigenvalue weighted by atomic mass is 9.90. The van der Waals surface area contributed by atoms with E-state index in [0.717, 1.165) is 19.7 Å². The van der Waals surface area contributed by atoms with Gasteiger partial charge in [-0.15, -0.1) is 0 Å². The zero-order chi connectivity index (χ0) is 15.8. The van der Waals surface area contributed by atoms with Crippen molar-refractivity contribution < 1.29 is 4.11 Å². The summed E-state index contributed by atoms with van der Waals surface area (Å²) in [4.78, 5) is 3.33. The summed E-state index contributed by atoms with van der Waals surface area (Å²) in [5.41, 5.74) is 0.796. The van der Waals surface area contributed by atoms with Crippen molar-refractivity contribution in [2.75, 3.05) is 0 Å². The number of benzene rings is 1. The van der Waals surface area contributed by atoms with E-state index < -0.39 is 0 Å². The fourth-order valence-electron chi connectivity index (χ4n) is 1.65. The molecule has 3 heteroatoms. The number of rotatable bonds is 3. The van der Waals surface area contributed by atoms with Crippen molar-refractivity contribution in [3.05, 3.63) is 58.9 Å². The Hall–Kier alpha value is -3.09. The number of hydrogen-bond acceptors (Lipinski definition) is 2. The fraction of sp³-hybridized carbons (Fsp3) is 0. The Morgan fingerprint density at radius 3 is 1.78 bits per heavy atom. The number of hydrogen-bond donors (Lipinski definition) is 0. The first-order valence-electron chi connectivity index (χ1n) is 6.49. The van der Waals surface area contributed by atoms with Gasteiger partial charge in [0.1, 0.15) is 0 Å². The molecule has 0 aliphatic heterocycles. The predicted octanol–water partition coefficient (Wildman–Crippen LogP) is 3.91. The highest BCUT2D eigenvalue weighted by molar-refractivity contribution is 5.88. The molecule has 0 spiro atoms. The third kappa shape index (κ3) is 1.69. The van der Waals surface area contributed by atoms with Crippen molar-refractivity contribution in [2.45, 2.75) is 0 Å². The maximum atomic E-state index is 9.31. The molecule has 0 saturated carbocycles. The second kappa shape index (κ2) is 5.30. The van der Waals surface area contributed by atoms with Gasteiger partial charge in [0.25, 0.3) is 0 Å². The molecule has 0 radical (unpaired) electrons. The van der Waals surface area contributed by atoms with Gasteiger partial charge in [-0.2, -0.15) is 10.5 Å². The van der Waals surface area contributed by atoms with Crippen molar-refractivity contribution in [3.8, 4) is 12.1 Å². The Morgan fingerprint density at radius 1 is 1.00 bits per heavy atom. The standard InChI is InChI=1S/C15H9N3/c1-5-10-13(8-16)11(6-2)15(18-4)12(7-3)14(10)9-17/h5-7H,1-3H2/i1D,2D,3D. The van der Waals surface area contributed by atoms with E-state index in [-0.39, 0.29) is 33.5 Å². The minimum Gasteiger partial charge on any atom is -0.237 e. The average molecular weight is 234 g/mol. The topological polar surface area (TPSA) is 51.9 Å². The zero-order valence-corrected chi connectivity index (χ0v) is 9.31. The maximum Gasteiger partial charge on any atom is 0.203 e. The van der Waals surface area contributed by atoms with Crippen LogP contribution in [0.3, 0.4) is 0 Å². The molecule has 1 aromatic rings. The normalized spacial score (nSPS) is 12.8. The summed E-state index contributed by atoms with van der Waals surface area (Å²) in [7, 11) is 0. The van der Waals surface area contributed by atoms with E-state index in [0.29, 0.717) is 0 Å². The molecule has 0 heterocycles. The van der Waals surface area contributed by atoms with Crippen molar-refractivity contribution >= 4 is 23.9 Å². The first-order valence-corrected chi connectivity index (χ1v) is 4.76. The largest absolute Gasteiger partial charge is 0.237 e. The van der Waals surface area contributed by atoms with Crippen LogP contribution in [-0.4, -0.2) is 0 Å². The summed E-state index contributed by atoms with van der Waals surface area (Å²) in [6, 6.07) is 3.84. The van der Waals surface area contributed by atoms with Crippen LogP contribution in [0.15, 0.2) is 19.7 Å². The molecule has 0 saturated heterocycles. The van der Waals surface area contributed by atoms with Crippen LogP contribution >= 0.6 is 0 Å². The van der Waals surface area contributed by atoms with Crippen LogP contribution in [0.2, 0.25) is 0 Å². The molecule has 18 heavy (non-hydrogen) atoms. The van der Waals surface area contributed by atoms with E-state index in [2.05, 4.69) is 4.85 Å². The molecule has 1 aromatic carbocycles. The minimum absolute atomic E-state index is 0.0391. The molecule has 0 aliphatic carbocycles. The highest BCUT2D eigenvalue weighted by Gasteiger charge is 2.19. The molecule has 0 fully saturated rings. The van der Waals surface area contributed by atoms with Gasteiger partial charge in [-0.3, -0.25) is 0 Å². The SMILES string of the molecule is [2H]C=Cc1c(C#N)c(C=C[2H])c([N+]#[C-])c(C=C[2H])c1C#N. The van der Waals surface area contributed by atoms with E-state index in [4.69, 9.17) is 10.7 Å². The molecule has 0 aliphatic rings. The molecule has 1 rings (SSSR count). The molecule has 0 bridgehead atoms. The van der Waals surface area contributed by atoms with Gasteiger partial charge in [0.05, 0.1) is 33.9 Å². The summed E-state index contributed by atoms with van der Waals surface area (Å²) >= 11 is 0. The summed E-state index contributed by atoms with van der Waals surface area (Å²) < 4.78 is 21.5. The van der Waals surface area contributed by atoms with Crippen LogP contribution in [0.4, 0.5) is 5.69 Å². The van der Waals surface area contributed by atoms with Gasteiger partial charge >= 0.3 is 0 Å². The number of nitrogens with zero attached hydrogens (tertiary/aromatic N) is 3. The van der Waals surface area contributed by atoms with E-state index in [1.165, 1.54) is 18.2 Å². The van der Waals surface area contributed by atoms with E-state index in [1.54, 1.807) is 0 Å². The summed E-state index contributed by atoms with van der Waals surface area (Å²) in [5.74, 6) is 0.